The summed E-state index contributed by atoms with van der Waals surface area (Å²) < 4.78 is 10.8. The van der Waals surface area contributed by atoms with Crippen LogP contribution in [-0.4, -0.2) is 31.4 Å². The molecule has 0 spiro atoms. The Morgan fingerprint density at radius 1 is 1.16 bits per heavy atom. The van der Waals surface area contributed by atoms with Crippen LogP contribution in [0, 0.1) is 0 Å². The first-order valence-corrected chi connectivity index (χ1v) is 6.40. The van der Waals surface area contributed by atoms with Gasteiger partial charge in [0.15, 0.2) is 17.3 Å². The molecule has 1 aliphatic heterocycles. The fourth-order valence-corrected chi connectivity index (χ4v) is 1.87. The molecule has 102 valence electrons. The van der Waals surface area contributed by atoms with Crippen molar-refractivity contribution in [2.45, 2.75) is 19.8 Å². The Labute approximate surface area is 111 Å². The second-order valence-electron chi connectivity index (χ2n) is 4.24. The Morgan fingerprint density at radius 2 is 1.89 bits per heavy atom. The van der Waals surface area contributed by atoms with E-state index in [9.17, 15) is 9.59 Å². The molecular weight excluding hydrogens is 246 g/mol. The molecular formula is C14H17NO4. The lowest BCUT2D eigenvalue weighted by atomic mass is 10.1. The molecule has 0 atom stereocenters. The third-order valence-electron chi connectivity index (χ3n) is 2.82. The van der Waals surface area contributed by atoms with Crippen LogP contribution in [0.2, 0.25) is 0 Å². The monoisotopic (exact) mass is 263 g/mol. The van der Waals surface area contributed by atoms with Gasteiger partial charge in [-0.2, -0.15) is 0 Å². The van der Waals surface area contributed by atoms with Gasteiger partial charge in [0.2, 0.25) is 5.91 Å². The fourth-order valence-electron chi connectivity index (χ4n) is 1.87. The SMILES string of the molecule is CCNC(=O)CCC(=O)c1ccc2c(c1)OCCO2. The number of nitrogens with one attached hydrogen (secondary N) is 1. The van der Waals surface area contributed by atoms with E-state index in [0.29, 0.717) is 36.8 Å². The molecule has 0 unspecified atom stereocenters. The van der Waals surface area contributed by atoms with E-state index in [2.05, 4.69) is 5.32 Å². The lowest BCUT2D eigenvalue weighted by Gasteiger charge is -2.18. The molecule has 5 heteroatoms. The number of hydrogen-bond acceptors (Lipinski definition) is 4. The Bertz CT molecular complexity index is 484. The fraction of sp³-hybridized carbons (Fsp3) is 0.429. The van der Waals surface area contributed by atoms with E-state index in [-0.39, 0.29) is 24.5 Å². The van der Waals surface area contributed by atoms with Crippen molar-refractivity contribution in [2.24, 2.45) is 0 Å². The van der Waals surface area contributed by atoms with Crippen LogP contribution in [0.5, 0.6) is 11.5 Å². The highest BCUT2D eigenvalue weighted by atomic mass is 16.6. The molecule has 1 aromatic carbocycles. The van der Waals surface area contributed by atoms with Gasteiger partial charge in [0, 0.05) is 24.9 Å². The number of Topliss-reactive ketones (excluding diaryl/α,β-unsaturated/α-hetero) is 1. The molecule has 0 aliphatic carbocycles. The highest BCUT2D eigenvalue weighted by Gasteiger charge is 2.15. The molecule has 0 fully saturated rings. The highest BCUT2D eigenvalue weighted by molar-refractivity contribution is 5.98. The largest absolute Gasteiger partial charge is 0.486 e. The second kappa shape index (κ2) is 6.22. The Balaban J connectivity index is 1.97. The number of ether oxygens (including phenoxy) is 2. The number of hydrogen-bond donors (Lipinski definition) is 1. The summed E-state index contributed by atoms with van der Waals surface area (Å²) >= 11 is 0. The topological polar surface area (TPSA) is 64.6 Å². The van der Waals surface area contributed by atoms with Gasteiger partial charge in [0.1, 0.15) is 13.2 Å². The summed E-state index contributed by atoms with van der Waals surface area (Å²) in [7, 11) is 0. The first-order valence-electron chi connectivity index (χ1n) is 6.40. The number of amides is 1. The van der Waals surface area contributed by atoms with Crippen LogP contribution in [0.4, 0.5) is 0 Å². The van der Waals surface area contributed by atoms with Crippen molar-refractivity contribution in [2.75, 3.05) is 19.8 Å². The summed E-state index contributed by atoms with van der Waals surface area (Å²) in [5.41, 5.74) is 0.550. The van der Waals surface area contributed by atoms with Crippen molar-refractivity contribution in [1.82, 2.24) is 5.32 Å². The Hall–Kier alpha value is -2.04. The molecule has 1 amide bonds. The normalized spacial score (nSPS) is 12.9. The third kappa shape index (κ3) is 3.47. The number of ketones is 1. The molecule has 0 saturated heterocycles. The van der Waals surface area contributed by atoms with E-state index in [1.54, 1.807) is 18.2 Å². The van der Waals surface area contributed by atoms with Crippen molar-refractivity contribution in [3.8, 4) is 11.5 Å². The predicted molar refractivity (Wildman–Crippen MR) is 69.7 cm³/mol. The molecule has 1 N–H and O–H groups in total. The summed E-state index contributed by atoms with van der Waals surface area (Å²) in [5.74, 6) is 1.08. The average molecular weight is 263 g/mol. The molecule has 0 aromatic heterocycles. The minimum Gasteiger partial charge on any atom is -0.486 e. The molecule has 1 aliphatic rings. The zero-order valence-electron chi connectivity index (χ0n) is 10.9. The summed E-state index contributed by atoms with van der Waals surface area (Å²) in [6.45, 7) is 3.44. The molecule has 0 saturated carbocycles. The van der Waals surface area contributed by atoms with Gasteiger partial charge in [-0.1, -0.05) is 0 Å². The summed E-state index contributed by atoms with van der Waals surface area (Å²) in [4.78, 5) is 23.3. The van der Waals surface area contributed by atoms with E-state index in [1.807, 2.05) is 6.92 Å². The lowest BCUT2D eigenvalue weighted by molar-refractivity contribution is -0.120. The zero-order chi connectivity index (χ0) is 13.7. The maximum Gasteiger partial charge on any atom is 0.220 e. The predicted octanol–water partition coefficient (Wildman–Crippen LogP) is 1.56. The second-order valence-corrected chi connectivity index (χ2v) is 4.24. The first-order chi connectivity index (χ1) is 9.20. The van der Waals surface area contributed by atoms with Crippen LogP contribution >= 0.6 is 0 Å². The summed E-state index contributed by atoms with van der Waals surface area (Å²) in [6.07, 6.45) is 0.409. The average Bonchev–Trinajstić information content (AvgIpc) is 2.44. The maximum absolute atomic E-state index is 12.0. The number of carbonyl (C=O) groups is 2. The first kappa shape index (κ1) is 13.4. The van der Waals surface area contributed by atoms with Crippen LogP contribution in [0.3, 0.4) is 0 Å². The van der Waals surface area contributed by atoms with Crippen LogP contribution in [0.15, 0.2) is 18.2 Å². The molecule has 1 heterocycles. The highest BCUT2D eigenvalue weighted by Crippen LogP contribution is 2.31. The summed E-state index contributed by atoms with van der Waals surface area (Å²) in [5, 5.41) is 2.67. The molecule has 5 nitrogen and oxygen atoms in total. The molecule has 0 radical (unpaired) electrons. The van der Waals surface area contributed by atoms with Gasteiger partial charge in [-0.25, -0.2) is 0 Å². The molecule has 0 bridgehead atoms. The van der Waals surface area contributed by atoms with Gasteiger partial charge in [-0.15, -0.1) is 0 Å². The lowest BCUT2D eigenvalue weighted by Crippen LogP contribution is -2.23. The van der Waals surface area contributed by atoms with E-state index >= 15 is 0 Å². The van der Waals surface area contributed by atoms with Crippen LogP contribution < -0.4 is 14.8 Å². The van der Waals surface area contributed by atoms with Gasteiger partial charge in [0.05, 0.1) is 0 Å². The molecule has 1 aromatic rings. The van der Waals surface area contributed by atoms with Crippen molar-refractivity contribution in [3.63, 3.8) is 0 Å². The number of fused-ring (bicyclic) bond motifs is 1. The van der Waals surface area contributed by atoms with E-state index in [1.165, 1.54) is 0 Å². The molecule has 2 rings (SSSR count). The maximum atomic E-state index is 12.0. The van der Waals surface area contributed by atoms with E-state index in [4.69, 9.17) is 9.47 Å². The van der Waals surface area contributed by atoms with Crippen molar-refractivity contribution in [1.29, 1.82) is 0 Å². The summed E-state index contributed by atoms with van der Waals surface area (Å²) in [6, 6.07) is 5.11. The van der Waals surface area contributed by atoms with Crippen molar-refractivity contribution < 1.29 is 19.1 Å². The smallest absolute Gasteiger partial charge is 0.220 e. The molecule has 19 heavy (non-hydrogen) atoms. The van der Waals surface area contributed by atoms with Gasteiger partial charge < -0.3 is 14.8 Å². The zero-order valence-corrected chi connectivity index (χ0v) is 10.9. The van der Waals surface area contributed by atoms with Gasteiger partial charge in [-0.3, -0.25) is 9.59 Å². The minimum absolute atomic E-state index is 0.0665. The standard InChI is InChI=1S/C14H17NO4/c1-2-15-14(17)6-4-11(16)10-3-5-12-13(9-10)19-8-7-18-12/h3,5,9H,2,4,6-8H2,1H3,(H,15,17). The van der Waals surface area contributed by atoms with Crippen molar-refractivity contribution >= 4 is 11.7 Å². The number of benzene rings is 1. The van der Waals surface area contributed by atoms with Gasteiger partial charge in [-0.05, 0) is 25.1 Å². The van der Waals surface area contributed by atoms with Crippen molar-refractivity contribution in [3.05, 3.63) is 23.8 Å². The van der Waals surface area contributed by atoms with Crippen LogP contribution in [0.1, 0.15) is 30.1 Å². The minimum atomic E-state index is -0.103. The van der Waals surface area contributed by atoms with Crippen LogP contribution in [-0.2, 0) is 4.79 Å². The quantitative estimate of drug-likeness (QED) is 0.819. The van der Waals surface area contributed by atoms with Gasteiger partial charge >= 0.3 is 0 Å². The Kier molecular flexibility index (Phi) is 4.39. The number of carbonyl (C=O) groups excluding carboxylic acids is 2. The van der Waals surface area contributed by atoms with E-state index < -0.39 is 0 Å². The van der Waals surface area contributed by atoms with Crippen LogP contribution in [0.25, 0.3) is 0 Å². The van der Waals surface area contributed by atoms with E-state index in [0.717, 1.165) is 0 Å². The number of rotatable bonds is 5. The van der Waals surface area contributed by atoms with Gasteiger partial charge in [0.25, 0.3) is 0 Å². The Morgan fingerprint density at radius 3 is 2.63 bits per heavy atom. The third-order valence-corrected chi connectivity index (χ3v) is 2.82.